The zero-order valence-corrected chi connectivity index (χ0v) is 16.6. The van der Waals surface area contributed by atoms with Gasteiger partial charge >= 0.3 is 0 Å². The van der Waals surface area contributed by atoms with Gasteiger partial charge in [0.1, 0.15) is 5.75 Å². The van der Waals surface area contributed by atoms with Crippen molar-refractivity contribution in [1.82, 2.24) is 0 Å². The Labute approximate surface area is 168 Å². The number of nitro groups is 1. The third-order valence-corrected chi connectivity index (χ3v) is 5.72. The number of nitrogens with one attached hydrogen (secondary N) is 1. The van der Waals surface area contributed by atoms with Crippen LogP contribution in [0.4, 0.5) is 22.7 Å². The van der Waals surface area contributed by atoms with Crippen molar-refractivity contribution in [3.63, 3.8) is 0 Å². The van der Waals surface area contributed by atoms with E-state index in [4.69, 9.17) is 4.74 Å². The largest absolute Gasteiger partial charge is 0.497 e. The van der Waals surface area contributed by atoms with E-state index in [9.17, 15) is 18.5 Å². The summed E-state index contributed by atoms with van der Waals surface area (Å²) < 4.78 is 33.4. The second kappa shape index (κ2) is 8.19. The highest BCUT2D eigenvalue weighted by molar-refractivity contribution is 7.92. The third kappa shape index (κ3) is 4.30. The Kier molecular flexibility index (Phi) is 5.69. The zero-order valence-electron chi connectivity index (χ0n) is 15.8. The fourth-order valence-electron chi connectivity index (χ4n) is 2.84. The Balaban J connectivity index is 2.02. The van der Waals surface area contributed by atoms with Crippen LogP contribution in [0.3, 0.4) is 0 Å². The van der Waals surface area contributed by atoms with Crippen LogP contribution in [-0.4, -0.2) is 27.5 Å². The molecule has 0 aliphatic carbocycles. The van der Waals surface area contributed by atoms with Crippen molar-refractivity contribution < 1.29 is 18.1 Å². The fraction of sp³-hybridized carbons (Fsp3) is 0.100. The molecule has 1 N–H and O–H groups in total. The van der Waals surface area contributed by atoms with Gasteiger partial charge in [-0.25, -0.2) is 8.42 Å². The van der Waals surface area contributed by atoms with Gasteiger partial charge in [0.25, 0.3) is 15.7 Å². The van der Waals surface area contributed by atoms with Crippen LogP contribution >= 0.6 is 0 Å². The average molecular weight is 413 g/mol. The monoisotopic (exact) mass is 413 g/mol. The number of rotatable bonds is 7. The maximum atomic E-state index is 13.0. The van der Waals surface area contributed by atoms with E-state index in [2.05, 4.69) is 4.72 Å². The predicted octanol–water partition coefficient (Wildman–Crippen LogP) is 4.17. The zero-order chi connectivity index (χ0) is 21.0. The van der Waals surface area contributed by atoms with Gasteiger partial charge < -0.3 is 9.64 Å². The molecular formula is C20H19N3O5S. The topological polar surface area (TPSA) is 102 Å². The van der Waals surface area contributed by atoms with Crippen molar-refractivity contribution in [1.29, 1.82) is 0 Å². The minimum Gasteiger partial charge on any atom is -0.497 e. The van der Waals surface area contributed by atoms with Gasteiger partial charge in [0.15, 0.2) is 4.90 Å². The minimum absolute atomic E-state index is 0.194. The standard InChI is InChI=1S/C20H19N3O5S/c1-22(15-8-4-3-5-9-15)18-11-7-6-10-17(18)21-29(26,27)20-13-12-16(28-2)14-19(20)23(24)25/h3-14,21H,1-2H3. The second-order valence-electron chi connectivity index (χ2n) is 6.11. The molecule has 0 aliphatic rings. The van der Waals surface area contributed by atoms with Gasteiger partial charge in [-0.1, -0.05) is 30.3 Å². The molecule has 0 bridgehead atoms. The SMILES string of the molecule is COc1ccc(S(=O)(=O)Nc2ccccc2N(C)c2ccccc2)c([N+](=O)[O-])c1. The lowest BCUT2D eigenvalue weighted by atomic mass is 10.2. The Morgan fingerprint density at radius 3 is 2.31 bits per heavy atom. The third-order valence-electron chi connectivity index (χ3n) is 4.31. The number of nitrogens with zero attached hydrogens (tertiary/aromatic N) is 2. The van der Waals surface area contributed by atoms with Crippen molar-refractivity contribution in [3.8, 4) is 5.75 Å². The van der Waals surface area contributed by atoms with E-state index in [0.717, 1.165) is 17.8 Å². The minimum atomic E-state index is -4.23. The Morgan fingerprint density at radius 1 is 1.00 bits per heavy atom. The van der Waals surface area contributed by atoms with E-state index in [1.54, 1.807) is 31.3 Å². The number of sulfonamides is 1. The van der Waals surface area contributed by atoms with Gasteiger partial charge in [0, 0.05) is 12.7 Å². The summed E-state index contributed by atoms with van der Waals surface area (Å²) in [4.78, 5) is 12.0. The quantitative estimate of drug-likeness (QED) is 0.461. The smallest absolute Gasteiger partial charge is 0.293 e. The number of nitro benzene ring substituents is 1. The van der Waals surface area contributed by atoms with Gasteiger partial charge in [-0.05, 0) is 36.4 Å². The number of methoxy groups -OCH3 is 1. The Hall–Kier alpha value is -3.59. The van der Waals surface area contributed by atoms with Gasteiger partial charge in [-0.15, -0.1) is 0 Å². The number of hydrogen-bond donors (Lipinski definition) is 1. The van der Waals surface area contributed by atoms with E-state index in [-0.39, 0.29) is 5.75 Å². The van der Waals surface area contributed by atoms with Crippen LogP contribution in [0.5, 0.6) is 5.75 Å². The first-order valence-corrected chi connectivity index (χ1v) is 10.0. The number of para-hydroxylation sites is 3. The summed E-state index contributed by atoms with van der Waals surface area (Å²) >= 11 is 0. The maximum Gasteiger partial charge on any atom is 0.293 e. The molecule has 0 atom stereocenters. The molecule has 0 saturated heterocycles. The first-order valence-electron chi connectivity index (χ1n) is 8.56. The van der Waals surface area contributed by atoms with Crippen molar-refractivity contribution >= 4 is 32.8 Å². The van der Waals surface area contributed by atoms with E-state index < -0.39 is 25.5 Å². The Bertz CT molecular complexity index is 1130. The molecule has 3 aromatic carbocycles. The van der Waals surface area contributed by atoms with Crippen molar-refractivity contribution in [3.05, 3.63) is 82.9 Å². The van der Waals surface area contributed by atoms with Crippen molar-refractivity contribution in [2.75, 3.05) is 23.8 Å². The molecule has 0 saturated carbocycles. The summed E-state index contributed by atoms with van der Waals surface area (Å²) in [5.74, 6) is 0.194. The lowest BCUT2D eigenvalue weighted by Crippen LogP contribution is -2.18. The number of hydrogen-bond acceptors (Lipinski definition) is 6. The first-order chi connectivity index (χ1) is 13.8. The highest BCUT2D eigenvalue weighted by atomic mass is 32.2. The Morgan fingerprint density at radius 2 is 1.66 bits per heavy atom. The second-order valence-corrected chi connectivity index (χ2v) is 7.76. The van der Waals surface area contributed by atoms with Crippen molar-refractivity contribution in [2.24, 2.45) is 0 Å². The summed E-state index contributed by atoms with van der Waals surface area (Å²) in [6.07, 6.45) is 0. The van der Waals surface area contributed by atoms with E-state index >= 15 is 0 Å². The number of benzene rings is 3. The molecule has 0 heterocycles. The molecule has 150 valence electrons. The maximum absolute atomic E-state index is 13.0. The summed E-state index contributed by atoms with van der Waals surface area (Å²) in [7, 11) is -1.07. The van der Waals surface area contributed by atoms with Crippen LogP contribution in [0.15, 0.2) is 77.7 Å². The summed E-state index contributed by atoms with van der Waals surface area (Å²) in [5.41, 5.74) is 1.18. The molecule has 0 fully saturated rings. The summed E-state index contributed by atoms with van der Waals surface area (Å²) in [5, 5.41) is 11.4. The highest BCUT2D eigenvalue weighted by Gasteiger charge is 2.27. The first kappa shape index (κ1) is 20.2. The van der Waals surface area contributed by atoms with E-state index in [1.165, 1.54) is 13.2 Å². The highest BCUT2D eigenvalue weighted by Crippen LogP contribution is 2.34. The fourth-order valence-corrected chi connectivity index (χ4v) is 4.06. The van der Waals surface area contributed by atoms with Gasteiger partial charge in [-0.3, -0.25) is 14.8 Å². The van der Waals surface area contributed by atoms with Gasteiger partial charge in [-0.2, -0.15) is 0 Å². The molecule has 9 heteroatoms. The molecule has 0 unspecified atom stereocenters. The lowest BCUT2D eigenvalue weighted by Gasteiger charge is -2.23. The lowest BCUT2D eigenvalue weighted by molar-refractivity contribution is -0.387. The summed E-state index contributed by atoms with van der Waals surface area (Å²) in [6, 6.07) is 19.8. The van der Waals surface area contributed by atoms with Crippen LogP contribution in [0.25, 0.3) is 0 Å². The molecule has 29 heavy (non-hydrogen) atoms. The van der Waals surface area contributed by atoms with Crippen LogP contribution in [0, 0.1) is 10.1 Å². The van der Waals surface area contributed by atoms with Crippen LogP contribution in [0.1, 0.15) is 0 Å². The normalized spacial score (nSPS) is 11.0. The van der Waals surface area contributed by atoms with E-state index in [1.807, 2.05) is 35.2 Å². The van der Waals surface area contributed by atoms with Gasteiger partial charge in [0.2, 0.25) is 0 Å². The van der Waals surface area contributed by atoms with Crippen LogP contribution in [0.2, 0.25) is 0 Å². The molecule has 3 aromatic rings. The molecule has 0 spiro atoms. The predicted molar refractivity (Wildman–Crippen MR) is 111 cm³/mol. The average Bonchev–Trinajstić information content (AvgIpc) is 2.73. The van der Waals surface area contributed by atoms with E-state index in [0.29, 0.717) is 11.4 Å². The number of ether oxygens (including phenoxy) is 1. The van der Waals surface area contributed by atoms with Gasteiger partial charge in [0.05, 0.1) is 29.5 Å². The van der Waals surface area contributed by atoms with Crippen LogP contribution < -0.4 is 14.4 Å². The molecule has 0 radical (unpaired) electrons. The summed E-state index contributed by atoms with van der Waals surface area (Å²) in [6.45, 7) is 0. The number of anilines is 3. The molecular weight excluding hydrogens is 394 g/mol. The van der Waals surface area contributed by atoms with Crippen molar-refractivity contribution in [2.45, 2.75) is 4.90 Å². The molecule has 8 nitrogen and oxygen atoms in total. The molecule has 0 amide bonds. The molecule has 0 aliphatic heterocycles. The van der Waals surface area contributed by atoms with Crippen LogP contribution in [-0.2, 0) is 10.0 Å². The molecule has 0 aromatic heterocycles. The molecule has 3 rings (SSSR count).